The fourth-order valence-corrected chi connectivity index (χ4v) is 1.56. The molecule has 0 aromatic rings. The van der Waals surface area contributed by atoms with Crippen LogP contribution >= 0.6 is 0 Å². The van der Waals surface area contributed by atoms with Crippen molar-refractivity contribution in [2.75, 3.05) is 20.1 Å². The van der Waals surface area contributed by atoms with Crippen LogP contribution < -0.4 is 0 Å². The molecule has 0 N–H and O–H groups in total. The highest BCUT2D eigenvalue weighted by molar-refractivity contribution is 4.83. The van der Waals surface area contributed by atoms with Crippen molar-refractivity contribution in [3.05, 3.63) is 0 Å². The van der Waals surface area contributed by atoms with Gasteiger partial charge < -0.3 is 4.90 Å². The average Bonchev–Trinajstić information content (AvgIpc) is 2.13. The minimum absolute atomic E-state index is 0.634. The predicted octanol–water partition coefficient (Wildman–Crippen LogP) is 1.74. The number of rotatable bonds is 1. The summed E-state index contributed by atoms with van der Waals surface area (Å²) in [5.74, 6) is 0. The molecule has 1 saturated heterocycles. The smallest absolute Gasteiger partial charge is 0.00327 e. The molecule has 0 unspecified atom stereocenters. The Balaban J connectivity index is 2.45. The molecule has 1 fully saturated rings. The summed E-state index contributed by atoms with van der Waals surface area (Å²) in [5.41, 5.74) is 0.634. The van der Waals surface area contributed by atoms with Gasteiger partial charge in [-0.3, -0.25) is 0 Å². The van der Waals surface area contributed by atoms with Crippen LogP contribution in [0.4, 0.5) is 0 Å². The quantitative estimate of drug-likeness (QED) is 0.518. The fraction of sp³-hybridized carbons (Fsp3) is 1.00. The first-order valence-corrected chi connectivity index (χ1v) is 3.85. The van der Waals surface area contributed by atoms with Crippen molar-refractivity contribution in [3.63, 3.8) is 0 Å². The second-order valence-corrected chi connectivity index (χ2v) is 3.65. The van der Waals surface area contributed by atoms with E-state index in [1.54, 1.807) is 0 Å². The van der Waals surface area contributed by atoms with Gasteiger partial charge in [0.05, 0.1) is 0 Å². The molecule has 0 aromatic carbocycles. The lowest BCUT2D eigenvalue weighted by molar-refractivity contribution is 0.300. The molecule has 0 amide bonds. The zero-order valence-electron chi connectivity index (χ0n) is 6.78. The van der Waals surface area contributed by atoms with Crippen LogP contribution in [0.1, 0.15) is 26.7 Å². The molecule has 54 valence electrons. The van der Waals surface area contributed by atoms with Gasteiger partial charge in [-0.1, -0.05) is 13.8 Å². The van der Waals surface area contributed by atoms with E-state index in [9.17, 15) is 0 Å². The van der Waals surface area contributed by atoms with Crippen molar-refractivity contribution in [1.29, 1.82) is 0 Å². The van der Waals surface area contributed by atoms with Crippen molar-refractivity contribution in [1.82, 2.24) is 4.90 Å². The Morgan fingerprint density at radius 2 is 2.22 bits per heavy atom. The topological polar surface area (TPSA) is 3.24 Å². The summed E-state index contributed by atoms with van der Waals surface area (Å²) in [7, 11) is 2.21. The van der Waals surface area contributed by atoms with Crippen molar-refractivity contribution in [2.45, 2.75) is 26.7 Å². The highest BCUT2D eigenvalue weighted by Gasteiger charge is 2.29. The van der Waals surface area contributed by atoms with E-state index in [-0.39, 0.29) is 0 Å². The lowest BCUT2D eigenvalue weighted by Crippen LogP contribution is -2.20. The van der Waals surface area contributed by atoms with Gasteiger partial charge >= 0.3 is 0 Å². The van der Waals surface area contributed by atoms with Crippen LogP contribution in [0.3, 0.4) is 0 Å². The maximum absolute atomic E-state index is 2.42. The van der Waals surface area contributed by atoms with Gasteiger partial charge in [0, 0.05) is 6.54 Å². The largest absolute Gasteiger partial charge is 0.306 e. The second-order valence-electron chi connectivity index (χ2n) is 3.65. The lowest BCUT2D eigenvalue weighted by atomic mass is 9.87. The van der Waals surface area contributed by atoms with Crippen molar-refractivity contribution >= 4 is 0 Å². The van der Waals surface area contributed by atoms with E-state index >= 15 is 0 Å². The lowest BCUT2D eigenvalue weighted by Gasteiger charge is -2.20. The average molecular weight is 127 g/mol. The molecule has 0 bridgehead atoms. The van der Waals surface area contributed by atoms with Gasteiger partial charge in [0.1, 0.15) is 0 Å². The van der Waals surface area contributed by atoms with Crippen LogP contribution in [0.15, 0.2) is 0 Å². The first-order valence-electron chi connectivity index (χ1n) is 3.85. The van der Waals surface area contributed by atoms with E-state index in [4.69, 9.17) is 0 Å². The maximum atomic E-state index is 2.42. The van der Waals surface area contributed by atoms with Gasteiger partial charge in [0.15, 0.2) is 0 Å². The number of likely N-dealkylation sites (tertiary alicyclic amines) is 1. The number of hydrogen-bond acceptors (Lipinski definition) is 1. The molecule has 1 heteroatoms. The molecule has 1 aliphatic rings. The van der Waals surface area contributed by atoms with Gasteiger partial charge in [-0.05, 0) is 31.8 Å². The molecule has 0 spiro atoms. The summed E-state index contributed by atoms with van der Waals surface area (Å²) in [4.78, 5) is 2.42. The van der Waals surface area contributed by atoms with Crippen LogP contribution in [0.25, 0.3) is 0 Å². The summed E-state index contributed by atoms with van der Waals surface area (Å²) in [6.07, 6.45) is 2.72. The summed E-state index contributed by atoms with van der Waals surface area (Å²) < 4.78 is 0. The maximum Gasteiger partial charge on any atom is 0.00327 e. The van der Waals surface area contributed by atoms with Crippen LogP contribution in [0.2, 0.25) is 0 Å². The second kappa shape index (κ2) is 2.30. The van der Waals surface area contributed by atoms with E-state index in [1.807, 2.05) is 0 Å². The SMILES string of the molecule is CC[C@@]1(C)CCN(C)C1. The van der Waals surface area contributed by atoms with E-state index < -0.39 is 0 Å². The molecular weight excluding hydrogens is 110 g/mol. The van der Waals surface area contributed by atoms with Crippen LogP contribution in [0.5, 0.6) is 0 Å². The summed E-state index contributed by atoms with van der Waals surface area (Å²) >= 11 is 0. The monoisotopic (exact) mass is 127 g/mol. The standard InChI is InChI=1S/C8H17N/c1-4-8(2)5-6-9(3)7-8/h4-7H2,1-3H3/t8-/m0/s1. The molecule has 1 aliphatic heterocycles. The number of hydrogen-bond donors (Lipinski definition) is 0. The third-order valence-electron chi connectivity index (χ3n) is 2.60. The molecular formula is C8H17N. The zero-order chi connectivity index (χ0) is 6.91. The van der Waals surface area contributed by atoms with Gasteiger partial charge in [-0.2, -0.15) is 0 Å². The molecule has 0 aliphatic carbocycles. The predicted molar refractivity (Wildman–Crippen MR) is 40.5 cm³/mol. The van der Waals surface area contributed by atoms with Crippen molar-refractivity contribution in [2.24, 2.45) is 5.41 Å². The van der Waals surface area contributed by atoms with Gasteiger partial charge in [-0.15, -0.1) is 0 Å². The van der Waals surface area contributed by atoms with E-state index in [2.05, 4.69) is 25.8 Å². The minimum Gasteiger partial charge on any atom is -0.306 e. The first kappa shape index (κ1) is 7.07. The molecule has 0 aromatic heterocycles. The summed E-state index contributed by atoms with van der Waals surface area (Å²) in [5, 5.41) is 0. The molecule has 9 heavy (non-hydrogen) atoms. The fourth-order valence-electron chi connectivity index (χ4n) is 1.56. The van der Waals surface area contributed by atoms with E-state index in [1.165, 1.54) is 25.9 Å². The summed E-state index contributed by atoms with van der Waals surface area (Å²) in [6, 6.07) is 0. The Morgan fingerprint density at radius 1 is 1.56 bits per heavy atom. The van der Waals surface area contributed by atoms with Gasteiger partial charge in [-0.25, -0.2) is 0 Å². The third-order valence-corrected chi connectivity index (χ3v) is 2.60. The van der Waals surface area contributed by atoms with Gasteiger partial charge in [0.2, 0.25) is 0 Å². The first-order chi connectivity index (χ1) is 4.16. The Labute approximate surface area is 58.0 Å². The van der Waals surface area contributed by atoms with Crippen LogP contribution in [-0.2, 0) is 0 Å². The van der Waals surface area contributed by atoms with Gasteiger partial charge in [0.25, 0.3) is 0 Å². The number of nitrogens with zero attached hydrogens (tertiary/aromatic N) is 1. The minimum atomic E-state index is 0.634. The Morgan fingerprint density at radius 3 is 2.44 bits per heavy atom. The Hall–Kier alpha value is -0.0400. The van der Waals surface area contributed by atoms with E-state index in [0.29, 0.717) is 5.41 Å². The summed E-state index contributed by atoms with van der Waals surface area (Å²) in [6.45, 7) is 7.27. The molecule has 1 rings (SSSR count). The van der Waals surface area contributed by atoms with Crippen LogP contribution in [0, 0.1) is 5.41 Å². The Kier molecular flexibility index (Phi) is 1.80. The highest BCUT2D eigenvalue weighted by Crippen LogP contribution is 2.31. The third kappa shape index (κ3) is 1.45. The highest BCUT2D eigenvalue weighted by atomic mass is 15.1. The molecule has 1 atom stereocenters. The molecule has 1 heterocycles. The molecule has 1 nitrogen and oxygen atoms in total. The van der Waals surface area contributed by atoms with Crippen LogP contribution in [-0.4, -0.2) is 25.0 Å². The normalized spacial score (nSPS) is 37.7. The Bertz CT molecular complexity index is 101. The van der Waals surface area contributed by atoms with Crippen molar-refractivity contribution in [3.8, 4) is 0 Å². The van der Waals surface area contributed by atoms with Crippen molar-refractivity contribution < 1.29 is 0 Å². The molecule has 0 saturated carbocycles. The molecule has 0 radical (unpaired) electrons. The zero-order valence-corrected chi connectivity index (χ0v) is 6.78. The van der Waals surface area contributed by atoms with E-state index in [0.717, 1.165) is 0 Å².